The molecule has 20 heavy (non-hydrogen) atoms. The average Bonchev–Trinajstić information content (AvgIpc) is 2.44. The molecule has 1 fully saturated rings. The molecule has 1 saturated heterocycles. The predicted molar refractivity (Wildman–Crippen MR) is 76.6 cm³/mol. The molecule has 0 spiro atoms. The van der Waals surface area contributed by atoms with Crippen LogP contribution in [0.5, 0.6) is 0 Å². The van der Waals surface area contributed by atoms with Crippen LogP contribution in [0.15, 0.2) is 18.2 Å². The first kappa shape index (κ1) is 14.7. The summed E-state index contributed by atoms with van der Waals surface area (Å²) in [6.07, 6.45) is 2.39. The van der Waals surface area contributed by atoms with Crippen molar-refractivity contribution < 1.29 is 14.3 Å². The summed E-state index contributed by atoms with van der Waals surface area (Å²) >= 11 is 5.92. The predicted octanol–water partition coefficient (Wildman–Crippen LogP) is 2.09. The van der Waals surface area contributed by atoms with Gasteiger partial charge in [-0.15, -0.1) is 0 Å². The molecule has 0 aromatic heterocycles. The lowest BCUT2D eigenvalue weighted by molar-refractivity contribution is -0.147. The second kappa shape index (κ2) is 6.13. The maximum absolute atomic E-state index is 12.5. The molecule has 1 aromatic rings. The number of carbonyl (C=O) groups excluding carboxylic acids is 2. The summed E-state index contributed by atoms with van der Waals surface area (Å²) in [4.78, 5) is 25.9. The molecule has 0 bridgehead atoms. The van der Waals surface area contributed by atoms with Gasteiger partial charge in [0.2, 0.25) is 0 Å². The Morgan fingerprint density at radius 1 is 1.35 bits per heavy atom. The first-order chi connectivity index (χ1) is 9.52. The molecular formula is C14H17ClN2O3. The number of likely N-dealkylation sites (tertiary alicyclic amines) is 1. The van der Waals surface area contributed by atoms with Gasteiger partial charge in [0, 0.05) is 22.8 Å². The van der Waals surface area contributed by atoms with Crippen LogP contribution < -0.4 is 5.73 Å². The number of nitrogens with two attached hydrogens (primary N) is 1. The molecule has 5 nitrogen and oxygen atoms in total. The van der Waals surface area contributed by atoms with Crippen LogP contribution in [0.2, 0.25) is 5.02 Å². The maximum Gasteiger partial charge on any atom is 0.328 e. The number of piperidine rings is 1. The number of nitrogens with zero attached hydrogens (tertiary/aromatic N) is 1. The van der Waals surface area contributed by atoms with Crippen molar-refractivity contribution in [3.8, 4) is 0 Å². The van der Waals surface area contributed by atoms with Crippen LogP contribution in [-0.2, 0) is 9.53 Å². The fourth-order valence-electron chi connectivity index (χ4n) is 2.46. The smallest absolute Gasteiger partial charge is 0.328 e. The van der Waals surface area contributed by atoms with E-state index in [1.807, 2.05) is 0 Å². The summed E-state index contributed by atoms with van der Waals surface area (Å²) in [6.45, 7) is 0.533. The Hall–Kier alpha value is -1.75. The third-order valence-electron chi connectivity index (χ3n) is 3.40. The van der Waals surface area contributed by atoms with E-state index >= 15 is 0 Å². The van der Waals surface area contributed by atoms with Gasteiger partial charge in [-0.2, -0.15) is 0 Å². The van der Waals surface area contributed by atoms with E-state index < -0.39 is 6.04 Å². The van der Waals surface area contributed by atoms with Crippen molar-refractivity contribution in [3.63, 3.8) is 0 Å². The summed E-state index contributed by atoms with van der Waals surface area (Å²) < 4.78 is 4.77. The zero-order valence-electron chi connectivity index (χ0n) is 11.3. The van der Waals surface area contributed by atoms with Crippen LogP contribution >= 0.6 is 11.6 Å². The summed E-state index contributed by atoms with van der Waals surface area (Å²) in [5.41, 5.74) is 6.52. The van der Waals surface area contributed by atoms with Gasteiger partial charge >= 0.3 is 5.97 Å². The Morgan fingerprint density at radius 2 is 2.10 bits per heavy atom. The maximum atomic E-state index is 12.5. The molecule has 108 valence electrons. The number of nitrogen functional groups attached to an aromatic ring is 1. The van der Waals surface area contributed by atoms with Crippen molar-refractivity contribution in [2.45, 2.75) is 25.3 Å². The molecule has 2 N–H and O–H groups in total. The Balaban J connectivity index is 2.27. The molecule has 1 aliphatic heterocycles. The van der Waals surface area contributed by atoms with Gasteiger partial charge in [0.25, 0.3) is 5.91 Å². The third kappa shape index (κ3) is 3.04. The fraction of sp³-hybridized carbons (Fsp3) is 0.429. The van der Waals surface area contributed by atoms with E-state index in [1.54, 1.807) is 23.1 Å². The minimum Gasteiger partial charge on any atom is -0.467 e. The lowest BCUT2D eigenvalue weighted by Crippen LogP contribution is -2.48. The monoisotopic (exact) mass is 296 g/mol. The van der Waals surface area contributed by atoms with Crippen LogP contribution in [0.4, 0.5) is 5.69 Å². The number of carbonyl (C=O) groups is 2. The third-order valence-corrected chi connectivity index (χ3v) is 3.62. The standard InChI is InChI=1S/C14H17ClN2O3/c1-20-14(19)12-4-2-3-5-17(12)13(18)9-6-10(15)8-11(16)7-9/h6-8,12H,2-5,16H2,1H3. The van der Waals surface area contributed by atoms with Gasteiger partial charge in [-0.3, -0.25) is 4.79 Å². The number of amides is 1. The van der Waals surface area contributed by atoms with Crippen LogP contribution in [0, 0.1) is 0 Å². The molecule has 0 aliphatic carbocycles. The van der Waals surface area contributed by atoms with Gasteiger partial charge < -0.3 is 15.4 Å². The highest BCUT2D eigenvalue weighted by molar-refractivity contribution is 6.31. The Labute approximate surface area is 122 Å². The van der Waals surface area contributed by atoms with Crippen molar-refractivity contribution in [2.75, 3.05) is 19.4 Å². The van der Waals surface area contributed by atoms with Gasteiger partial charge in [-0.05, 0) is 37.5 Å². The lowest BCUT2D eigenvalue weighted by atomic mass is 10.0. The molecule has 1 aromatic carbocycles. The van der Waals surface area contributed by atoms with Crippen LogP contribution in [0.25, 0.3) is 0 Å². The molecule has 1 atom stereocenters. The lowest BCUT2D eigenvalue weighted by Gasteiger charge is -2.33. The van der Waals surface area contributed by atoms with E-state index in [0.29, 0.717) is 29.2 Å². The van der Waals surface area contributed by atoms with E-state index in [2.05, 4.69) is 0 Å². The van der Waals surface area contributed by atoms with Crippen molar-refractivity contribution >= 4 is 29.2 Å². The molecule has 6 heteroatoms. The minimum absolute atomic E-state index is 0.241. The summed E-state index contributed by atoms with van der Waals surface area (Å²) in [5, 5.41) is 0.403. The summed E-state index contributed by atoms with van der Waals surface area (Å²) in [7, 11) is 1.33. The van der Waals surface area contributed by atoms with Gasteiger partial charge in [0.05, 0.1) is 7.11 Å². The number of ether oxygens (including phenoxy) is 1. The Kier molecular flexibility index (Phi) is 4.49. The van der Waals surface area contributed by atoms with Crippen molar-refractivity contribution in [2.24, 2.45) is 0 Å². The highest BCUT2D eigenvalue weighted by Gasteiger charge is 2.33. The summed E-state index contributed by atoms with van der Waals surface area (Å²) in [6, 6.07) is 4.17. The van der Waals surface area contributed by atoms with Gasteiger partial charge in [-0.25, -0.2) is 4.79 Å². The first-order valence-electron chi connectivity index (χ1n) is 6.48. The average molecular weight is 297 g/mol. The van der Waals surface area contributed by atoms with E-state index in [9.17, 15) is 9.59 Å². The number of benzene rings is 1. The van der Waals surface area contributed by atoms with Crippen molar-refractivity contribution in [1.82, 2.24) is 4.90 Å². The molecule has 0 radical (unpaired) electrons. The largest absolute Gasteiger partial charge is 0.467 e. The number of rotatable bonds is 2. The highest BCUT2D eigenvalue weighted by atomic mass is 35.5. The number of anilines is 1. The molecule has 1 aliphatic rings. The van der Waals surface area contributed by atoms with Gasteiger partial charge in [-0.1, -0.05) is 11.6 Å². The molecule has 0 saturated carbocycles. The van der Waals surface area contributed by atoms with Crippen molar-refractivity contribution in [3.05, 3.63) is 28.8 Å². The Bertz CT molecular complexity index is 513. The number of methoxy groups -OCH3 is 1. The van der Waals surface area contributed by atoms with Gasteiger partial charge in [0.1, 0.15) is 6.04 Å². The minimum atomic E-state index is -0.526. The van der Waals surface area contributed by atoms with Crippen LogP contribution in [0.3, 0.4) is 0 Å². The van der Waals surface area contributed by atoms with Crippen LogP contribution in [0.1, 0.15) is 29.6 Å². The van der Waals surface area contributed by atoms with Crippen LogP contribution in [-0.4, -0.2) is 36.5 Å². The molecule has 2 rings (SSSR count). The molecule has 1 heterocycles. The van der Waals surface area contributed by atoms with E-state index in [0.717, 1.165) is 12.8 Å². The second-order valence-electron chi connectivity index (χ2n) is 4.81. The normalized spacial score (nSPS) is 18.7. The molecular weight excluding hydrogens is 280 g/mol. The number of hydrogen-bond donors (Lipinski definition) is 1. The number of hydrogen-bond acceptors (Lipinski definition) is 4. The van der Waals surface area contributed by atoms with Crippen molar-refractivity contribution in [1.29, 1.82) is 0 Å². The topological polar surface area (TPSA) is 72.6 Å². The van der Waals surface area contributed by atoms with E-state index in [1.165, 1.54) is 7.11 Å². The molecule has 1 unspecified atom stereocenters. The number of esters is 1. The SMILES string of the molecule is COC(=O)C1CCCCN1C(=O)c1cc(N)cc(Cl)c1. The zero-order valence-corrected chi connectivity index (χ0v) is 12.0. The van der Waals surface area contributed by atoms with E-state index in [4.69, 9.17) is 22.1 Å². The van der Waals surface area contributed by atoms with Gasteiger partial charge in [0.15, 0.2) is 0 Å². The quantitative estimate of drug-likeness (QED) is 0.670. The fourth-order valence-corrected chi connectivity index (χ4v) is 2.70. The summed E-state index contributed by atoms with van der Waals surface area (Å²) in [5.74, 6) is -0.623. The zero-order chi connectivity index (χ0) is 14.7. The number of halogens is 1. The second-order valence-corrected chi connectivity index (χ2v) is 5.24. The molecule has 1 amide bonds. The first-order valence-corrected chi connectivity index (χ1v) is 6.85. The van der Waals surface area contributed by atoms with E-state index in [-0.39, 0.29) is 11.9 Å². The Morgan fingerprint density at radius 3 is 2.75 bits per heavy atom. The highest BCUT2D eigenvalue weighted by Crippen LogP contribution is 2.23.